The molecule has 11 heavy (non-hydrogen) atoms. The van der Waals surface area contributed by atoms with Crippen LogP contribution in [0.2, 0.25) is 0 Å². The van der Waals surface area contributed by atoms with Crippen molar-refractivity contribution < 1.29 is 9.32 Å². The number of nitrogens with zero attached hydrogens (tertiary/aromatic N) is 1. The van der Waals surface area contributed by atoms with Gasteiger partial charge in [0.25, 0.3) is 5.91 Å². The van der Waals surface area contributed by atoms with Crippen molar-refractivity contribution in [1.29, 1.82) is 0 Å². The summed E-state index contributed by atoms with van der Waals surface area (Å²) >= 11 is 0. The van der Waals surface area contributed by atoms with Crippen molar-refractivity contribution >= 4 is 18.3 Å². The molecule has 0 aliphatic carbocycles. The second-order valence-corrected chi connectivity index (χ2v) is 1.76. The normalized spacial score (nSPS) is 8.82. The molecule has 4 N–H and O–H groups in total. The van der Waals surface area contributed by atoms with E-state index in [9.17, 15) is 4.79 Å². The van der Waals surface area contributed by atoms with Crippen LogP contribution in [0.25, 0.3) is 0 Å². The first-order valence-electron chi connectivity index (χ1n) is 2.69. The standard InChI is InChI=1S/C5H7N3O2.ClH/c6-1-3-2-10-8-4(3)5(7)9;/h2H,1,6H2,(H2,7,9);1H. The number of halogens is 1. The zero-order chi connectivity index (χ0) is 7.56. The van der Waals surface area contributed by atoms with Crippen molar-refractivity contribution in [2.45, 2.75) is 6.54 Å². The molecule has 1 heterocycles. The average molecular weight is 178 g/mol. The molecule has 6 heteroatoms. The molecule has 0 bridgehead atoms. The number of hydrogen-bond donors (Lipinski definition) is 2. The predicted octanol–water partition coefficient (Wildman–Crippen LogP) is -0.346. The van der Waals surface area contributed by atoms with Crippen LogP contribution in [0.4, 0.5) is 0 Å². The summed E-state index contributed by atoms with van der Waals surface area (Å²) in [6.07, 6.45) is 1.31. The van der Waals surface area contributed by atoms with E-state index in [1.165, 1.54) is 6.26 Å². The number of carbonyl (C=O) groups excluding carboxylic acids is 1. The summed E-state index contributed by atoms with van der Waals surface area (Å²) in [7, 11) is 0. The van der Waals surface area contributed by atoms with Gasteiger partial charge in [-0.25, -0.2) is 0 Å². The van der Waals surface area contributed by atoms with Gasteiger partial charge in [-0.05, 0) is 0 Å². The van der Waals surface area contributed by atoms with Gasteiger partial charge in [-0.1, -0.05) is 5.16 Å². The summed E-state index contributed by atoms with van der Waals surface area (Å²) in [6.45, 7) is 0.210. The molecule has 0 fully saturated rings. The molecule has 1 amide bonds. The number of rotatable bonds is 2. The van der Waals surface area contributed by atoms with Crippen molar-refractivity contribution in [2.24, 2.45) is 11.5 Å². The van der Waals surface area contributed by atoms with Crippen molar-refractivity contribution in [3.05, 3.63) is 17.5 Å². The quantitative estimate of drug-likeness (QED) is 0.646. The lowest BCUT2D eigenvalue weighted by molar-refractivity contribution is 0.0991. The first-order chi connectivity index (χ1) is 4.75. The lowest BCUT2D eigenvalue weighted by Crippen LogP contribution is -2.14. The van der Waals surface area contributed by atoms with Crippen LogP contribution < -0.4 is 11.5 Å². The van der Waals surface area contributed by atoms with Crippen molar-refractivity contribution in [1.82, 2.24) is 5.16 Å². The summed E-state index contributed by atoms with van der Waals surface area (Å²) in [5.41, 5.74) is 10.8. The number of aromatic nitrogens is 1. The average Bonchev–Trinajstić information content (AvgIpc) is 2.33. The smallest absolute Gasteiger partial charge is 0.271 e. The maximum Gasteiger partial charge on any atom is 0.271 e. The number of hydrogen-bond acceptors (Lipinski definition) is 4. The number of primary amides is 1. The fraction of sp³-hybridized carbons (Fsp3) is 0.200. The van der Waals surface area contributed by atoms with Gasteiger partial charge >= 0.3 is 0 Å². The van der Waals surface area contributed by atoms with E-state index in [4.69, 9.17) is 11.5 Å². The molecule has 0 unspecified atom stereocenters. The molecule has 0 aromatic carbocycles. The van der Waals surface area contributed by atoms with E-state index in [0.29, 0.717) is 5.56 Å². The summed E-state index contributed by atoms with van der Waals surface area (Å²) in [6, 6.07) is 0. The molecule has 0 radical (unpaired) electrons. The van der Waals surface area contributed by atoms with Crippen LogP contribution in [0.15, 0.2) is 10.8 Å². The largest absolute Gasteiger partial charge is 0.364 e. The lowest BCUT2D eigenvalue weighted by atomic mass is 10.2. The van der Waals surface area contributed by atoms with Crippen LogP contribution in [0.3, 0.4) is 0 Å². The molecular weight excluding hydrogens is 170 g/mol. The van der Waals surface area contributed by atoms with Gasteiger partial charge in [-0.3, -0.25) is 4.79 Å². The fourth-order valence-corrected chi connectivity index (χ4v) is 0.605. The SMILES string of the molecule is Cl.NCc1conc1C(N)=O. The van der Waals surface area contributed by atoms with E-state index in [-0.39, 0.29) is 24.6 Å². The van der Waals surface area contributed by atoms with E-state index in [1.54, 1.807) is 0 Å². The Morgan fingerprint density at radius 3 is 2.73 bits per heavy atom. The number of carbonyl (C=O) groups is 1. The molecule has 0 aliphatic heterocycles. The molecule has 1 rings (SSSR count). The Hall–Kier alpha value is -1.07. The molecule has 0 aliphatic rings. The molecule has 0 spiro atoms. The number of amides is 1. The molecule has 0 atom stereocenters. The third kappa shape index (κ3) is 1.92. The van der Waals surface area contributed by atoms with E-state index in [2.05, 4.69) is 9.68 Å². The van der Waals surface area contributed by atoms with Gasteiger partial charge in [0.15, 0.2) is 5.69 Å². The Morgan fingerprint density at radius 2 is 2.36 bits per heavy atom. The highest BCUT2D eigenvalue weighted by molar-refractivity contribution is 5.91. The van der Waals surface area contributed by atoms with E-state index < -0.39 is 5.91 Å². The molecule has 1 aromatic rings. The van der Waals surface area contributed by atoms with Gasteiger partial charge < -0.3 is 16.0 Å². The maximum atomic E-state index is 10.5. The van der Waals surface area contributed by atoms with Crippen LogP contribution in [0.5, 0.6) is 0 Å². The first kappa shape index (κ1) is 9.93. The third-order valence-electron chi connectivity index (χ3n) is 1.10. The minimum absolute atomic E-state index is 0. The minimum atomic E-state index is -0.616. The Labute approximate surface area is 69.1 Å². The molecule has 62 valence electrons. The van der Waals surface area contributed by atoms with Gasteiger partial charge in [0.05, 0.1) is 0 Å². The van der Waals surface area contributed by atoms with Gasteiger partial charge in [0.2, 0.25) is 0 Å². The molecule has 0 saturated carbocycles. The molecule has 1 aromatic heterocycles. The van der Waals surface area contributed by atoms with Gasteiger partial charge in [-0.2, -0.15) is 0 Å². The van der Waals surface area contributed by atoms with E-state index in [1.807, 2.05) is 0 Å². The second-order valence-electron chi connectivity index (χ2n) is 1.76. The molecular formula is C5H8ClN3O2. The van der Waals surface area contributed by atoms with E-state index >= 15 is 0 Å². The Kier molecular flexibility index (Phi) is 3.56. The topological polar surface area (TPSA) is 95.1 Å². The van der Waals surface area contributed by atoms with Crippen LogP contribution in [0.1, 0.15) is 16.1 Å². The fourth-order valence-electron chi connectivity index (χ4n) is 0.605. The predicted molar refractivity (Wildman–Crippen MR) is 40.2 cm³/mol. The molecule has 5 nitrogen and oxygen atoms in total. The van der Waals surface area contributed by atoms with Crippen LogP contribution in [-0.2, 0) is 6.54 Å². The minimum Gasteiger partial charge on any atom is -0.364 e. The highest BCUT2D eigenvalue weighted by Gasteiger charge is 2.10. The van der Waals surface area contributed by atoms with Gasteiger partial charge in [0.1, 0.15) is 6.26 Å². The monoisotopic (exact) mass is 177 g/mol. The summed E-state index contributed by atoms with van der Waals surface area (Å²) < 4.78 is 4.47. The summed E-state index contributed by atoms with van der Waals surface area (Å²) in [4.78, 5) is 10.5. The van der Waals surface area contributed by atoms with E-state index in [0.717, 1.165) is 0 Å². The zero-order valence-corrected chi connectivity index (χ0v) is 6.43. The Morgan fingerprint density at radius 1 is 1.73 bits per heavy atom. The first-order valence-corrected chi connectivity index (χ1v) is 2.69. The summed E-state index contributed by atoms with van der Waals surface area (Å²) in [5, 5.41) is 3.36. The lowest BCUT2D eigenvalue weighted by Gasteiger charge is -1.88. The Balaban J connectivity index is 0.000001000. The highest BCUT2D eigenvalue weighted by atomic mass is 35.5. The van der Waals surface area contributed by atoms with Gasteiger partial charge in [-0.15, -0.1) is 12.4 Å². The van der Waals surface area contributed by atoms with Crippen molar-refractivity contribution in [3.63, 3.8) is 0 Å². The number of nitrogens with two attached hydrogens (primary N) is 2. The van der Waals surface area contributed by atoms with Crippen LogP contribution in [-0.4, -0.2) is 11.1 Å². The Bertz CT molecular complexity index is 248. The van der Waals surface area contributed by atoms with Crippen molar-refractivity contribution in [2.75, 3.05) is 0 Å². The second kappa shape index (κ2) is 3.95. The highest BCUT2D eigenvalue weighted by Crippen LogP contribution is 2.03. The maximum absolute atomic E-state index is 10.5. The van der Waals surface area contributed by atoms with Crippen LogP contribution in [0, 0.1) is 0 Å². The summed E-state index contributed by atoms with van der Waals surface area (Å²) in [5.74, 6) is -0.616. The van der Waals surface area contributed by atoms with Crippen LogP contribution >= 0.6 is 12.4 Å². The zero-order valence-electron chi connectivity index (χ0n) is 5.61. The molecule has 0 saturated heterocycles. The van der Waals surface area contributed by atoms with Gasteiger partial charge in [0, 0.05) is 12.1 Å². The third-order valence-corrected chi connectivity index (χ3v) is 1.10. The van der Waals surface area contributed by atoms with Crippen molar-refractivity contribution in [3.8, 4) is 0 Å².